The van der Waals surface area contributed by atoms with E-state index in [1.54, 1.807) is 0 Å². The molecule has 1 heterocycles. The maximum Gasteiger partial charge on any atom is 0.414 e. The monoisotopic (exact) mass is 239 g/mol. The summed E-state index contributed by atoms with van der Waals surface area (Å²) >= 11 is 0. The van der Waals surface area contributed by atoms with Gasteiger partial charge in [-0.3, -0.25) is 4.90 Å². The van der Waals surface area contributed by atoms with Crippen molar-refractivity contribution >= 4 is 17.7 Å². The zero-order chi connectivity index (χ0) is 12.4. The van der Waals surface area contributed by atoms with E-state index in [4.69, 9.17) is 9.84 Å². The lowest BCUT2D eigenvalue weighted by Crippen LogP contribution is -2.38. The van der Waals surface area contributed by atoms with Crippen molar-refractivity contribution in [2.24, 2.45) is 0 Å². The molecule has 1 saturated heterocycles. The van der Waals surface area contributed by atoms with Crippen LogP contribution in [-0.2, 0) is 4.74 Å². The van der Waals surface area contributed by atoms with Gasteiger partial charge >= 0.3 is 12.1 Å². The Bertz CT molecular complexity index is 475. The Morgan fingerprint density at radius 3 is 2.88 bits per heavy atom. The minimum atomic E-state index is -1.17. The van der Waals surface area contributed by atoms with Gasteiger partial charge in [0.05, 0.1) is 17.9 Å². The van der Waals surface area contributed by atoms with E-state index >= 15 is 0 Å². The van der Waals surface area contributed by atoms with E-state index in [0.717, 1.165) is 23.1 Å². The number of benzene rings is 1. The molecule has 1 amide bonds. The Hall–Kier alpha value is -2.11. The number of carbonyl (C=O) groups excluding carboxylic acids is 1. The Morgan fingerprint density at radius 1 is 1.47 bits per heavy atom. The number of anilines is 1. The molecule has 0 aromatic heterocycles. The van der Waals surface area contributed by atoms with E-state index in [-0.39, 0.29) is 11.3 Å². The molecular formula is C11H10FNO4. The SMILES string of the molecule is O=C(O)c1ccc(F)c(N2CCCOC2=O)c1. The molecule has 0 aliphatic carbocycles. The molecule has 0 bridgehead atoms. The molecule has 1 aliphatic heterocycles. The molecule has 1 aromatic carbocycles. The van der Waals surface area contributed by atoms with Gasteiger partial charge in [0.25, 0.3) is 0 Å². The molecule has 0 atom stereocenters. The summed E-state index contributed by atoms with van der Waals surface area (Å²) in [5.74, 6) is -1.81. The van der Waals surface area contributed by atoms with Gasteiger partial charge in [-0.25, -0.2) is 14.0 Å². The molecule has 1 aromatic rings. The molecule has 2 rings (SSSR count). The van der Waals surface area contributed by atoms with Crippen LogP contribution in [0.3, 0.4) is 0 Å². The first kappa shape index (κ1) is 11.4. The third-order valence-electron chi connectivity index (χ3n) is 2.46. The van der Waals surface area contributed by atoms with Crippen LogP contribution in [0.4, 0.5) is 14.9 Å². The molecule has 0 radical (unpaired) electrons. The topological polar surface area (TPSA) is 66.8 Å². The number of hydrogen-bond donors (Lipinski definition) is 1. The van der Waals surface area contributed by atoms with Crippen LogP contribution in [0.25, 0.3) is 0 Å². The third kappa shape index (κ3) is 2.20. The van der Waals surface area contributed by atoms with Crippen molar-refractivity contribution in [3.63, 3.8) is 0 Å². The average molecular weight is 239 g/mol. The van der Waals surface area contributed by atoms with Crippen LogP contribution < -0.4 is 4.90 Å². The first-order valence-electron chi connectivity index (χ1n) is 5.07. The molecule has 0 unspecified atom stereocenters. The lowest BCUT2D eigenvalue weighted by molar-refractivity contribution is 0.0696. The molecule has 0 spiro atoms. The van der Waals surface area contributed by atoms with Crippen molar-refractivity contribution in [1.29, 1.82) is 0 Å². The number of nitrogens with zero attached hydrogens (tertiary/aromatic N) is 1. The molecular weight excluding hydrogens is 229 g/mol. The number of halogens is 1. The van der Waals surface area contributed by atoms with E-state index in [2.05, 4.69) is 0 Å². The van der Waals surface area contributed by atoms with E-state index < -0.39 is 17.9 Å². The fraction of sp³-hybridized carbons (Fsp3) is 0.273. The van der Waals surface area contributed by atoms with Gasteiger partial charge in [-0.15, -0.1) is 0 Å². The number of carbonyl (C=O) groups is 2. The maximum atomic E-state index is 13.5. The molecule has 1 fully saturated rings. The van der Waals surface area contributed by atoms with E-state index in [1.165, 1.54) is 0 Å². The summed E-state index contributed by atoms with van der Waals surface area (Å²) < 4.78 is 18.3. The van der Waals surface area contributed by atoms with Crippen molar-refractivity contribution < 1.29 is 23.8 Å². The second kappa shape index (κ2) is 4.40. The van der Waals surface area contributed by atoms with Crippen LogP contribution >= 0.6 is 0 Å². The summed E-state index contributed by atoms with van der Waals surface area (Å²) in [5.41, 5.74) is -0.130. The minimum absolute atomic E-state index is 0.0606. The smallest absolute Gasteiger partial charge is 0.414 e. The summed E-state index contributed by atoms with van der Waals surface area (Å²) in [4.78, 5) is 23.3. The number of rotatable bonds is 2. The minimum Gasteiger partial charge on any atom is -0.478 e. The predicted octanol–water partition coefficient (Wildman–Crippen LogP) is 1.87. The standard InChI is InChI=1S/C11H10FNO4/c12-8-3-2-7(10(14)15)6-9(8)13-4-1-5-17-11(13)16/h2-3,6H,1,4-5H2,(H,14,15). The van der Waals surface area contributed by atoms with Gasteiger partial charge in [0.1, 0.15) is 5.82 Å². The number of cyclic esters (lactones) is 1. The highest BCUT2D eigenvalue weighted by Crippen LogP contribution is 2.23. The van der Waals surface area contributed by atoms with Gasteiger partial charge in [-0.2, -0.15) is 0 Å². The van der Waals surface area contributed by atoms with Gasteiger partial charge in [-0.05, 0) is 24.6 Å². The molecule has 0 saturated carbocycles. The highest BCUT2D eigenvalue weighted by Gasteiger charge is 2.24. The van der Waals surface area contributed by atoms with E-state index in [0.29, 0.717) is 19.6 Å². The molecule has 17 heavy (non-hydrogen) atoms. The van der Waals surface area contributed by atoms with E-state index in [9.17, 15) is 14.0 Å². The van der Waals surface area contributed by atoms with Crippen LogP contribution in [0.15, 0.2) is 18.2 Å². The van der Waals surface area contributed by atoms with Crippen LogP contribution in [0.1, 0.15) is 16.8 Å². The third-order valence-corrected chi connectivity index (χ3v) is 2.46. The summed E-state index contributed by atoms with van der Waals surface area (Å²) in [7, 11) is 0. The van der Waals surface area contributed by atoms with Crippen LogP contribution in [-0.4, -0.2) is 30.3 Å². The van der Waals surface area contributed by atoms with Crippen molar-refractivity contribution in [2.45, 2.75) is 6.42 Å². The largest absolute Gasteiger partial charge is 0.478 e. The molecule has 90 valence electrons. The molecule has 6 heteroatoms. The number of ether oxygens (including phenoxy) is 1. The fourth-order valence-electron chi connectivity index (χ4n) is 1.62. The Labute approximate surface area is 96.4 Å². The second-order valence-electron chi connectivity index (χ2n) is 3.59. The first-order chi connectivity index (χ1) is 8.09. The highest BCUT2D eigenvalue weighted by atomic mass is 19.1. The van der Waals surface area contributed by atoms with Crippen LogP contribution in [0.5, 0.6) is 0 Å². The average Bonchev–Trinajstić information content (AvgIpc) is 2.30. The summed E-state index contributed by atoms with van der Waals surface area (Å²) in [6.07, 6.45) is -0.0691. The number of amides is 1. The summed E-state index contributed by atoms with van der Waals surface area (Å²) in [6, 6.07) is 3.31. The highest BCUT2D eigenvalue weighted by molar-refractivity contribution is 5.93. The molecule has 1 aliphatic rings. The van der Waals surface area contributed by atoms with Gasteiger partial charge in [-0.1, -0.05) is 0 Å². The van der Waals surface area contributed by atoms with Crippen molar-refractivity contribution in [1.82, 2.24) is 0 Å². The number of hydrogen-bond acceptors (Lipinski definition) is 3. The first-order valence-corrected chi connectivity index (χ1v) is 5.07. The fourth-order valence-corrected chi connectivity index (χ4v) is 1.62. The summed E-state index contributed by atoms with van der Waals surface area (Å²) in [6.45, 7) is 0.619. The van der Waals surface area contributed by atoms with Gasteiger partial charge in [0.2, 0.25) is 0 Å². The Morgan fingerprint density at radius 2 is 2.24 bits per heavy atom. The molecule has 5 nitrogen and oxygen atoms in total. The van der Waals surface area contributed by atoms with E-state index in [1.807, 2.05) is 0 Å². The quantitative estimate of drug-likeness (QED) is 0.855. The van der Waals surface area contributed by atoms with Crippen molar-refractivity contribution in [3.8, 4) is 0 Å². The van der Waals surface area contributed by atoms with Crippen LogP contribution in [0.2, 0.25) is 0 Å². The number of carboxylic acid groups (broad SMARTS) is 1. The zero-order valence-corrected chi connectivity index (χ0v) is 8.85. The van der Waals surface area contributed by atoms with Crippen molar-refractivity contribution in [3.05, 3.63) is 29.6 Å². The maximum absolute atomic E-state index is 13.5. The molecule has 1 N–H and O–H groups in total. The number of aromatic carboxylic acids is 1. The Balaban J connectivity index is 2.39. The zero-order valence-electron chi connectivity index (χ0n) is 8.85. The Kier molecular flexibility index (Phi) is 2.95. The lowest BCUT2D eigenvalue weighted by atomic mass is 10.1. The van der Waals surface area contributed by atoms with Gasteiger partial charge in [0.15, 0.2) is 0 Å². The second-order valence-corrected chi connectivity index (χ2v) is 3.59. The van der Waals surface area contributed by atoms with Gasteiger partial charge < -0.3 is 9.84 Å². The van der Waals surface area contributed by atoms with Crippen LogP contribution in [0, 0.1) is 5.82 Å². The number of carboxylic acids is 1. The summed E-state index contributed by atoms with van der Waals surface area (Å²) in [5, 5.41) is 8.81. The predicted molar refractivity (Wildman–Crippen MR) is 56.7 cm³/mol. The lowest BCUT2D eigenvalue weighted by Gasteiger charge is -2.26. The normalized spacial score (nSPS) is 15.6. The van der Waals surface area contributed by atoms with Gasteiger partial charge in [0, 0.05) is 6.54 Å². The van der Waals surface area contributed by atoms with Crippen molar-refractivity contribution in [2.75, 3.05) is 18.1 Å².